The highest BCUT2D eigenvalue weighted by Gasteiger charge is 2.16. The number of nitro groups is 1. The standard InChI is InChI=1S/C13H7Cl2FN2O3/c14-7-1-3-9(11(16)5-7)13(19)17-12-6-8(18(20)21)2-4-10(12)15/h1-6H,(H,17,19). The van der Waals surface area contributed by atoms with Crippen LogP contribution < -0.4 is 5.32 Å². The van der Waals surface area contributed by atoms with Crippen molar-refractivity contribution in [2.45, 2.75) is 0 Å². The summed E-state index contributed by atoms with van der Waals surface area (Å²) in [5.74, 6) is -1.59. The lowest BCUT2D eigenvalue weighted by molar-refractivity contribution is -0.384. The molecule has 2 rings (SSSR count). The molecule has 2 aromatic rings. The van der Waals surface area contributed by atoms with E-state index in [0.29, 0.717) is 0 Å². The summed E-state index contributed by atoms with van der Waals surface area (Å²) < 4.78 is 13.6. The maximum absolute atomic E-state index is 13.6. The first-order valence-electron chi connectivity index (χ1n) is 5.59. The van der Waals surface area contributed by atoms with Gasteiger partial charge >= 0.3 is 0 Å². The number of non-ortho nitro benzene ring substituents is 1. The summed E-state index contributed by atoms with van der Waals surface area (Å²) in [7, 11) is 0. The highest BCUT2D eigenvalue weighted by Crippen LogP contribution is 2.27. The van der Waals surface area contributed by atoms with Gasteiger partial charge in [-0.2, -0.15) is 0 Å². The molecule has 0 saturated heterocycles. The fraction of sp³-hybridized carbons (Fsp3) is 0. The van der Waals surface area contributed by atoms with Gasteiger partial charge in [-0.25, -0.2) is 4.39 Å². The molecule has 2 aromatic carbocycles. The molecule has 0 fully saturated rings. The predicted octanol–water partition coefficient (Wildman–Crippen LogP) is 4.29. The minimum Gasteiger partial charge on any atom is -0.320 e. The smallest absolute Gasteiger partial charge is 0.271 e. The SMILES string of the molecule is O=C(Nc1cc([N+](=O)[O-])ccc1Cl)c1ccc(Cl)cc1F. The quantitative estimate of drug-likeness (QED) is 0.674. The van der Waals surface area contributed by atoms with Crippen LogP contribution in [0.15, 0.2) is 36.4 Å². The fourth-order valence-corrected chi connectivity index (χ4v) is 1.91. The number of carbonyl (C=O) groups is 1. The van der Waals surface area contributed by atoms with Crippen molar-refractivity contribution in [3.8, 4) is 0 Å². The molecule has 1 amide bonds. The summed E-state index contributed by atoms with van der Waals surface area (Å²) in [5.41, 5.74) is -0.474. The first-order chi connectivity index (χ1) is 9.88. The molecule has 0 bridgehead atoms. The second-order valence-corrected chi connectivity index (χ2v) is 4.84. The Morgan fingerprint density at radius 1 is 1.19 bits per heavy atom. The van der Waals surface area contributed by atoms with E-state index in [1.54, 1.807) is 0 Å². The molecular weight excluding hydrogens is 322 g/mol. The van der Waals surface area contributed by atoms with Crippen LogP contribution in [0.25, 0.3) is 0 Å². The Bertz CT molecular complexity index is 737. The van der Waals surface area contributed by atoms with E-state index in [0.717, 1.165) is 12.1 Å². The zero-order valence-electron chi connectivity index (χ0n) is 10.3. The topological polar surface area (TPSA) is 72.2 Å². The van der Waals surface area contributed by atoms with Crippen LogP contribution in [0.3, 0.4) is 0 Å². The van der Waals surface area contributed by atoms with Gasteiger partial charge in [-0.15, -0.1) is 0 Å². The molecular formula is C13H7Cl2FN2O3. The van der Waals surface area contributed by atoms with Crippen molar-refractivity contribution in [3.63, 3.8) is 0 Å². The molecule has 0 aromatic heterocycles. The van der Waals surface area contributed by atoms with Gasteiger partial charge in [0.15, 0.2) is 0 Å². The Kier molecular flexibility index (Phi) is 4.40. The van der Waals surface area contributed by atoms with Crippen molar-refractivity contribution in [2.24, 2.45) is 0 Å². The Morgan fingerprint density at radius 2 is 1.90 bits per heavy atom. The van der Waals surface area contributed by atoms with Gasteiger partial charge < -0.3 is 5.32 Å². The number of carbonyl (C=O) groups excluding carboxylic acids is 1. The van der Waals surface area contributed by atoms with Crippen LogP contribution in [0.1, 0.15) is 10.4 Å². The van der Waals surface area contributed by atoms with Gasteiger partial charge in [0.05, 0.1) is 21.2 Å². The third-order valence-electron chi connectivity index (χ3n) is 2.58. The Labute approximate surface area is 128 Å². The summed E-state index contributed by atoms with van der Waals surface area (Å²) in [6.07, 6.45) is 0. The monoisotopic (exact) mass is 328 g/mol. The van der Waals surface area contributed by atoms with Gasteiger partial charge in [-0.05, 0) is 24.3 Å². The summed E-state index contributed by atoms with van der Waals surface area (Å²) in [6, 6.07) is 7.11. The largest absolute Gasteiger partial charge is 0.320 e. The van der Waals surface area contributed by atoms with Gasteiger partial charge in [0.1, 0.15) is 5.82 Å². The number of anilines is 1. The lowest BCUT2D eigenvalue weighted by atomic mass is 10.2. The average molecular weight is 329 g/mol. The van der Waals surface area contributed by atoms with Crippen molar-refractivity contribution >= 4 is 40.5 Å². The van der Waals surface area contributed by atoms with Crippen LogP contribution in [0, 0.1) is 15.9 Å². The molecule has 0 aliphatic heterocycles. The average Bonchev–Trinajstić information content (AvgIpc) is 2.40. The van der Waals surface area contributed by atoms with E-state index in [1.165, 1.54) is 24.3 Å². The third-order valence-corrected chi connectivity index (χ3v) is 3.15. The summed E-state index contributed by atoms with van der Waals surface area (Å²) in [6.45, 7) is 0. The van der Waals surface area contributed by atoms with Crippen molar-refractivity contribution in [1.82, 2.24) is 0 Å². The maximum Gasteiger partial charge on any atom is 0.271 e. The molecule has 0 aliphatic rings. The number of hydrogen-bond acceptors (Lipinski definition) is 3. The molecule has 0 atom stereocenters. The normalized spacial score (nSPS) is 10.2. The zero-order valence-corrected chi connectivity index (χ0v) is 11.8. The van der Waals surface area contributed by atoms with E-state index in [2.05, 4.69) is 5.32 Å². The van der Waals surface area contributed by atoms with Crippen LogP contribution in [0.2, 0.25) is 10.0 Å². The van der Waals surface area contributed by atoms with E-state index in [9.17, 15) is 19.3 Å². The Morgan fingerprint density at radius 3 is 2.52 bits per heavy atom. The Hall–Kier alpha value is -2.18. The van der Waals surface area contributed by atoms with Gasteiger partial charge in [0, 0.05) is 17.2 Å². The van der Waals surface area contributed by atoms with E-state index < -0.39 is 16.6 Å². The second kappa shape index (κ2) is 6.07. The first kappa shape index (κ1) is 15.2. The molecule has 8 heteroatoms. The lowest BCUT2D eigenvalue weighted by Crippen LogP contribution is -2.14. The van der Waals surface area contributed by atoms with E-state index in [1.807, 2.05) is 0 Å². The van der Waals surface area contributed by atoms with Crippen LogP contribution in [-0.4, -0.2) is 10.8 Å². The zero-order chi connectivity index (χ0) is 15.6. The van der Waals surface area contributed by atoms with Crippen LogP contribution >= 0.6 is 23.2 Å². The minimum absolute atomic E-state index is 0.0187. The molecule has 1 N–H and O–H groups in total. The third kappa shape index (κ3) is 3.48. The number of hydrogen-bond donors (Lipinski definition) is 1. The van der Waals surface area contributed by atoms with Gasteiger partial charge in [-0.3, -0.25) is 14.9 Å². The number of nitrogens with zero attached hydrogens (tertiary/aromatic N) is 1. The van der Waals surface area contributed by atoms with Crippen LogP contribution in [-0.2, 0) is 0 Å². The molecule has 0 saturated carbocycles. The van der Waals surface area contributed by atoms with Gasteiger partial charge in [0.2, 0.25) is 0 Å². The number of halogens is 3. The minimum atomic E-state index is -0.804. The number of nitro benzene ring substituents is 1. The molecule has 0 radical (unpaired) electrons. The molecule has 0 unspecified atom stereocenters. The van der Waals surface area contributed by atoms with Crippen LogP contribution in [0.4, 0.5) is 15.8 Å². The molecule has 0 spiro atoms. The van der Waals surface area contributed by atoms with Crippen molar-refractivity contribution < 1.29 is 14.1 Å². The Balaban J connectivity index is 2.31. The molecule has 0 heterocycles. The summed E-state index contributed by atoms with van der Waals surface area (Å²) in [5, 5.41) is 13.3. The van der Waals surface area contributed by atoms with E-state index >= 15 is 0 Å². The highest BCUT2D eigenvalue weighted by molar-refractivity contribution is 6.34. The van der Waals surface area contributed by atoms with E-state index in [4.69, 9.17) is 23.2 Å². The van der Waals surface area contributed by atoms with Crippen molar-refractivity contribution in [2.75, 3.05) is 5.32 Å². The van der Waals surface area contributed by atoms with Gasteiger partial charge in [-0.1, -0.05) is 23.2 Å². The second-order valence-electron chi connectivity index (χ2n) is 4.00. The van der Waals surface area contributed by atoms with E-state index in [-0.39, 0.29) is 27.0 Å². The molecule has 0 aliphatic carbocycles. The molecule has 21 heavy (non-hydrogen) atoms. The molecule has 108 valence electrons. The van der Waals surface area contributed by atoms with Gasteiger partial charge in [0.25, 0.3) is 11.6 Å². The van der Waals surface area contributed by atoms with Crippen LogP contribution in [0.5, 0.6) is 0 Å². The predicted molar refractivity (Wildman–Crippen MR) is 77.5 cm³/mol. The van der Waals surface area contributed by atoms with Crippen molar-refractivity contribution in [1.29, 1.82) is 0 Å². The molecule has 5 nitrogen and oxygen atoms in total. The summed E-state index contributed by atoms with van der Waals surface area (Å²) in [4.78, 5) is 22.0. The maximum atomic E-state index is 13.6. The number of benzene rings is 2. The number of amides is 1. The fourth-order valence-electron chi connectivity index (χ4n) is 1.59. The number of nitrogens with one attached hydrogen (secondary N) is 1. The van der Waals surface area contributed by atoms with Crippen molar-refractivity contribution in [3.05, 3.63) is 67.9 Å². The highest BCUT2D eigenvalue weighted by atomic mass is 35.5. The lowest BCUT2D eigenvalue weighted by Gasteiger charge is -2.08. The summed E-state index contributed by atoms with van der Waals surface area (Å²) >= 11 is 11.4. The number of rotatable bonds is 3. The first-order valence-corrected chi connectivity index (χ1v) is 6.34.